The number of hydrogen-bond donors (Lipinski definition) is 0. The van der Waals surface area contributed by atoms with Crippen LogP contribution < -0.4 is 9.47 Å². The number of unbranched alkanes of at least 4 members (excludes halogenated alkanes) is 10. The molecule has 42 heavy (non-hydrogen) atoms. The number of benzene rings is 2. The summed E-state index contributed by atoms with van der Waals surface area (Å²) >= 11 is 0. The molecular formula is C36H48N2O4. The van der Waals surface area contributed by atoms with Crippen molar-refractivity contribution in [3.63, 3.8) is 0 Å². The largest absolute Gasteiger partial charge is 0.490 e. The van der Waals surface area contributed by atoms with Crippen LogP contribution in [0.2, 0.25) is 0 Å². The summed E-state index contributed by atoms with van der Waals surface area (Å²) in [7, 11) is 0. The van der Waals surface area contributed by atoms with Crippen LogP contribution >= 0.6 is 0 Å². The molecule has 0 amide bonds. The van der Waals surface area contributed by atoms with Crippen molar-refractivity contribution >= 4 is 0 Å². The third-order valence-corrected chi connectivity index (χ3v) is 7.65. The van der Waals surface area contributed by atoms with Crippen molar-refractivity contribution in [1.29, 1.82) is 0 Å². The molecule has 6 heteroatoms. The highest BCUT2D eigenvalue weighted by Crippen LogP contribution is 2.34. The van der Waals surface area contributed by atoms with E-state index in [0.29, 0.717) is 23.9 Å². The molecule has 0 bridgehead atoms. The molecule has 4 rings (SSSR count). The zero-order chi connectivity index (χ0) is 29.2. The molecular weight excluding hydrogens is 524 g/mol. The first kappa shape index (κ1) is 31.4. The quantitative estimate of drug-likeness (QED) is 0.126. The van der Waals surface area contributed by atoms with Gasteiger partial charge in [-0.25, -0.2) is 9.97 Å². The van der Waals surface area contributed by atoms with Crippen molar-refractivity contribution in [3.8, 4) is 22.9 Å². The van der Waals surface area contributed by atoms with Gasteiger partial charge >= 0.3 is 0 Å². The number of aromatic nitrogens is 2. The number of ether oxygens (including phenoxy) is 4. The van der Waals surface area contributed by atoms with Gasteiger partial charge < -0.3 is 18.9 Å². The second-order valence-corrected chi connectivity index (χ2v) is 11.0. The van der Waals surface area contributed by atoms with Gasteiger partial charge in [0.1, 0.15) is 12.0 Å². The summed E-state index contributed by atoms with van der Waals surface area (Å²) in [6.45, 7) is 5.41. The predicted octanol–water partition coefficient (Wildman–Crippen LogP) is 9.75. The highest BCUT2D eigenvalue weighted by atomic mass is 16.7. The van der Waals surface area contributed by atoms with E-state index in [1.165, 1.54) is 76.2 Å². The zero-order valence-corrected chi connectivity index (χ0v) is 25.6. The van der Waals surface area contributed by atoms with E-state index in [0.717, 1.165) is 29.7 Å². The van der Waals surface area contributed by atoms with Gasteiger partial charge in [-0.1, -0.05) is 102 Å². The lowest BCUT2D eigenvalue weighted by Gasteiger charge is -2.22. The van der Waals surface area contributed by atoms with Gasteiger partial charge in [0.2, 0.25) is 6.79 Å². The van der Waals surface area contributed by atoms with Crippen LogP contribution in [0, 0.1) is 0 Å². The first-order valence-corrected chi connectivity index (χ1v) is 16.0. The van der Waals surface area contributed by atoms with E-state index in [2.05, 4.69) is 48.1 Å². The maximum absolute atomic E-state index is 6.55. The van der Waals surface area contributed by atoms with E-state index in [1.807, 2.05) is 24.3 Å². The van der Waals surface area contributed by atoms with Crippen LogP contribution in [0.3, 0.4) is 0 Å². The van der Waals surface area contributed by atoms with Gasteiger partial charge in [0.25, 0.3) is 0 Å². The van der Waals surface area contributed by atoms with Crippen LogP contribution in [-0.2, 0) is 15.9 Å². The molecule has 226 valence electrons. The SMILES string of the molecule is CCCCCCCCOc1cnc(-c2ccc(OC(C3=COCO3)c3ccccc3CCCCCCCC)cc2)nc1. The fourth-order valence-electron chi connectivity index (χ4n) is 5.21. The van der Waals surface area contributed by atoms with Crippen molar-refractivity contribution in [2.24, 2.45) is 0 Å². The summed E-state index contributed by atoms with van der Waals surface area (Å²) in [5.74, 6) is 2.80. The average molecular weight is 573 g/mol. The number of nitrogens with zero attached hydrogens (tertiary/aromatic N) is 2. The smallest absolute Gasteiger partial charge is 0.230 e. The second kappa shape index (κ2) is 18.1. The Balaban J connectivity index is 1.35. The van der Waals surface area contributed by atoms with Crippen LogP contribution in [0.25, 0.3) is 11.4 Å². The van der Waals surface area contributed by atoms with E-state index < -0.39 is 0 Å². The molecule has 1 aromatic heterocycles. The summed E-state index contributed by atoms with van der Waals surface area (Å²) in [6, 6.07) is 16.4. The Morgan fingerprint density at radius 3 is 2.10 bits per heavy atom. The molecule has 0 spiro atoms. The van der Waals surface area contributed by atoms with Crippen molar-refractivity contribution in [2.45, 2.75) is 103 Å². The molecule has 0 saturated heterocycles. The summed E-state index contributed by atoms with van der Waals surface area (Å²) < 4.78 is 23.6. The summed E-state index contributed by atoms with van der Waals surface area (Å²) in [4.78, 5) is 9.06. The number of rotatable bonds is 20. The molecule has 6 nitrogen and oxygen atoms in total. The van der Waals surface area contributed by atoms with E-state index in [1.54, 1.807) is 18.7 Å². The van der Waals surface area contributed by atoms with E-state index >= 15 is 0 Å². The molecule has 3 aromatic rings. The molecule has 2 heterocycles. The van der Waals surface area contributed by atoms with Crippen molar-refractivity contribution in [2.75, 3.05) is 13.4 Å². The Bertz CT molecular complexity index is 1190. The van der Waals surface area contributed by atoms with E-state index in [9.17, 15) is 0 Å². The van der Waals surface area contributed by atoms with Gasteiger partial charge in [-0.15, -0.1) is 0 Å². The lowest BCUT2D eigenvalue weighted by Crippen LogP contribution is -2.14. The summed E-state index contributed by atoms with van der Waals surface area (Å²) in [6.07, 6.45) is 20.9. The second-order valence-electron chi connectivity index (χ2n) is 11.0. The number of aryl methyl sites for hydroxylation is 1. The van der Waals surface area contributed by atoms with Crippen molar-refractivity contribution < 1.29 is 18.9 Å². The van der Waals surface area contributed by atoms with Gasteiger partial charge in [0, 0.05) is 11.1 Å². The lowest BCUT2D eigenvalue weighted by molar-refractivity contribution is 0.0553. The lowest BCUT2D eigenvalue weighted by atomic mass is 9.96. The third kappa shape index (κ3) is 10.1. The van der Waals surface area contributed by atoms with Gasteiger partial charge in [0.15, 0.2) is 23.4 Å². The Morgan fingerprint density at radius 1 is 0.738 bits per heavy atom. The van der Waals surface area contributed by atoms with E-state index in [-0.39, 0.29) is 12.9 Å². The maximum Gasteiger partial charge on any atom is 0.230 e. The standard InChI is InChI=1S/C36H48N2O4/c1-3-5-7-9-11-13-17-29-18-14-15-19-33(29)35(34-27-39-28-41-34)42-31-22-20-30(21-23-31)36-37-25-32(26-38-36)40-24-16-12-10-8-6-4-2/h14-15,18-23,25-27,35H,3-13,16-17,24,28H2,1-2H3. The molecule has 2 aromatic carbocycles. The molecule has 1 aliphatic heterocycles. The van der Waals surface area contributed by atoms with Crippen LogP contribution in [0.1, 0.15) is 108 Å². The maximum atomic E-state index is 6.55. The molecule has 1 unspecified atom stereocenters. The Kier molecular flexibility index (Phi) is 13.5. The highest BCUT2D eigenvalue weighted by molar-refractivity contribution is 5.56. The normalized spacial score (nSPS) is 13.2. The molecule has 0 fully saturated rings. The van der Waals surface area contributed by atoms with Gasteiger partial charge in [-0.05, 0) is 49.1 Å². The van der Waals surface area contributed by atoms with Crippen LogP contribution in [0.5, 0.6) is 11.5 Å². The monoisotopic (exact) mass is 572 g/mol. The average Bonchev–Trinajstić information content (AvgIpc) is 3.57. The zero-order valence-electron chi connectivity index (χ0n) is 25.6. The Labute approximate surface area is 252 Å². The van der Waals surface area contributed by atoms with Gasteiger partial charge in [0.05, 0.1) is 19.0 Å². The highest BCUT2D eigenvalue weighted by Gasteiger charge is 2.26. The minimum atomic E-state index is -0.381. The van der Waals surface area contributed by atoms with Crippen molar-refractivity contribution in [3.05, 3.63) is 84.1 Å². The predicted molar refractivity (Wildman–Crippen MR) is 168 cm³/mol. The van der Waals surface area contributed by atoms with Crippen LogP contribution in [0.15, 0.2) is 72.9 Å². The Hall–Kier alpha value is -3.54. The number of hydrogen-bond acceptors (Lipinski definition) is 6. The molecule has 1 aliphatic rings. The molecule has 0 N–H and O–H groups in total. The van der Waals surface area contributed by atoms with Crippen LogP contribution in [-0.4, -0.2) is 23.4 Å². The Morgan fingerprint density at radius 2 is 1.40 bits per heavy atom. The first-order valence-electron chi connectivity index (χ1n) is 16.0. The van der Waals surface area contributed by atoms with Gasteiger partial charge in [-0.3, -0.25) is 0 Å². The fourth-order valence-corrected chi connectivity index (χ4v) is 5.21. The molecule has 0 saturated carbocycles. The van der Waals surface area contributed by atoms with Gasteiger partial charge in [-0.2, -0.15) is 0 Å². The third-order valence-electron chi connectivity index (χ3n) is 7.65. The van der Waals surface area contributed by atoms with Crippen LogP contribution in [0.4, 0.5) is 0 Å². The minimum absolute atomic E-state index is 0.212. The topological polar surface area (TPSA) is 62.7 Å². The first-order chi connectivity index (χ1) is 20.8. The molecule has 0 aliphatic carbocycles. The fraction of sp³-hybridized carbons (Fsp3) is 0.500. The summed E-state index contributed by atoms with van der Waals surface area (Å²) in [5.41, 5.74) is 3.33. The van der Waals surface area contributed by atoms with E-state index in [4.69, 9.17) is 18.9 Å². The molecule has 1 atom stereocenters. The minimum Gasteiger partial charge on any atom is -0.490 e. The molecule has 0 radical (unpaired) electrons. The summed E-state index contributed by atoms with van der Waals surface area (Å²) in [5, 5.41) is 0. The van der Waals surface area contributed by atoms with Crippen molar-refractivity contribution in [1.82, 2.24) is 9.97 Å².